The number of nitrogens with zero attached hydrogens (tertiary/aromatic N) is 2. The van der Waals surface area contributed by atoms with Gasteiger partial charge in [0.2, 0.25) is 5.89 Å². The number of carbonyl (C=O) groups excluding carboxylic acids is 1. The lowest BCUT2D eigenvalue weighted by molar-refractivity contribution is -0.141. The van der Waals surface area contributed by atoms with Crippen molar-refractivity contribution in [2.24, 2.45) is 5.73 Å². The van der Waals surface area contributed by atoms with E-state index in [1.165, 1.54) is 6.92 Å². The number of aliphatic hydroxyl groups is 2. The van der Waals surface area contributed by atoms with E-state index in [4.69, 9.17) is 25.6 Å². The molecule has 0 aliphatic heterocycles. The van der Waals surface area contributed by atoms with Crippen LogP contribution in [-0.4, -0.2) is 67.3 Å². The monoisotopic (exact) mass is 375 g/mol. The number of hydrogen-bond donors (Lipinski definition) is 7. The molecule has 0 radical (unpaired) electrons. The van der Waals surface area contributed by atoms with Crippen LogP contribution < -0.4 is 16.4 Å². The summed E-state index contributed by atoms with van der Waals surface area (Å²) in [6, 6.07) is -4.54. The zero-order valence-corrected chi connectivity index (χ0v) is 13.8. The van der Waals surface area contributed by atoms with Crippen LogP contribution in [0.2, 0.25) is 0 Å². The van der Waals surface area contributed by atoms with Gasteiger partial charge in [0.1, 0.15) is 6.04 Å². The first kappa shape index (κ1) is 21.3. The van der Waals surface area contributed by atoms with E-state index in [1.807, 2.05) is 5.32 Å². The molecule has 1 aromatic heterocycles. The van der Waals surface area contributed by atoms with Crippen molar-refractivity contribution in [1.29, 1.82) is 0 Å². The molecule has 13 nitrogen and oxygen atoms in total. The number of aliphatic hydroxyl groups excluding tert-OH is 2. The second-order valence-electron chi connectivity index (χ2n) is 5.44. The van der Waals surface area contributed by atoms with Gasteiger partial charge in [-0.3, -0.25) is 4.79 Å². The lowest BCUT2D eigenvalue weighted by atomic mass is 10.1. The summed E-state index contributed by atoms with van der Waals surface area (Å²) < 4.78 is 4.93. The summed E-state index contributed by atoms with van der Waals surface area (Å²) in [6.07, 6.45) is -1.85. The summed E-state index contributed by atoms with van der Waals surface area (Å²) >= 11 is 0. The summed E-state index contributed by atoms with van der Waals surface area (Å²) in [5, 5.41) is 44.0. The molecule has 1 aromatic rings. The summed E-state index contributed by atoms with van der Waals surface area (Å²) in [7, 11) is 0. The van der Waals surface area contributed by atoms with Crippen LogP contribution in [0.25, 0.3) is 0 Å². The molecule has 1 rings (SSSR count). The summed E-state index contributed by atoms with van der Waals surface area (Å²) in [5.74, 6) is -2.80. The van der Waals surface area contributed by atoms with E-state index >= 15 is 0 Å². The molecule has 0 bridgehead atoms. The molecule has 0 fully saturated rings. The van der Waals surface area contributed by atoms with Crippen molar-refractivity contribution in [3.8, 4) is 0 Å². The molecule has 0 saturated carbocycles. The molecular weight excluding hydrogens is 354 g/mol. The topological polar surface area (TPSA) is 221 Å². The lowest BCUT2D eigenvalue weighted by Gasteiger charge is -2.20. The number of carboxylic acids is 2. The van der Waals surface area contributed by atoms with Gasteiger partial charge in [0, 0.05) is 6.42 Å². The molecule has 0 aromatic carbocycles. The molecule has 2 unspecified atom stereocenters. The smallest absolute Gasteiger partial charge is 0.328 e. The van der Waals surface area contributed by atoms with Crippen LogP contribution in [0.3, 0.4) is 0 Å². The van der Waals surface area contributed by atoms with Gasteiger partial charge in [-0.1, -0.05) is 5.16 Å². The van der Waals surface area contributed by atoms with Crippen molar-refractivity contribution in [3.05, 3.63) is 11.7 Å². The maximum atomic E-state index is 12.0. The second-order valence-corrected chi connectivity index (χ2v) is 5.44. The van der Waals surface area contributed by atoms with Crippen LogP contribution >= 0.6 is 0 Å². The van der Waals surface area contributed by atoms with Crippen molar-refractivity contribution < 1.29 is 39.3 Å². The van der Waals surface area contributed by atoms with Gasteiger partial charge in [-0.2, -0.15) is 4.98 Å². The van der Waals surface area contributed by atoms with Gasteiger partial charge in [-0.05, 0) is 13.3 Å². The second kappa shape index (κ2) is 9.65. The first-order chi connectivity index (χ1) is 12.1. The lowest BCUT2D eigenvalue weighted by Crippen LogP contribution is -2.51. The molecular formula is C13H21N5O8. The van der Waals surface area contributed by atoms with Crippen LogP contribution in [0, 0.1) is 0 Å². The average Bonchev–Trinajstić information content (AvgIpc) is 3.04. The van der Waals surface area contributed by atoms with E-state index in [-0.39, 0.29) is 24.6 Å². The Kier molecular flexibility index (Phi) is 7.89. The SMILES string of the molecule is CC(O)C(NC(=O)N[C@@H](CCC(=O)O)c1nc([C@@H](N)CO)no1)C(=O)O. The quantitative estimate of drug-likeness (QED) is 0.239. The maximum absolute atomic E-state index is 12.0. The molecule has 8 N–H and O–H groups in total. The fraction of sp³-hybridized carbons (Fsp3) is 0.615. The fourth-order valence-electron chi connectivity index (χ4n) is 1.88. The van der Waals surface area contributed by atoms with Crippen LogP contribution in [0.15, 0.2) is 4.52 Å². The highest BCUT2D eigenvalue weighted by atomic mass is 16.5. The van der Waals surface area contributed by atoms with Crippen LogP contribution in [0.1, 0.15) is 43.6 Å². The van der Waals surface area contributed by atoms with Gasteiger partial charge < -0.3 is 41.3 Å². The number of aliphatic carboxylic acids is 2. The predicted octanol–water partition coefficient (Wildman–Crippen LogP) is -1.90. The molecule has 1 heterocycles. The van der Waals surface area contributed by atoms with Gasteiger partial charge in [0.25, 0.3) is 0 Å². The van der Waals surface area contributed by atoms with Crippen LogP contribution in [0.5, 0.6) is 0 Å². The Labute approximate surface area is 147 Å². The highest BCUT2D eigenvalue weighted by Crippen LogP contribution is 2.18. The third-order valence-corrected chi connectivity index (χ3v) is 3.27. The minimum atomic E-state index is -1.57. The summed E-state index contributed by atoms with van der Waals surface area (Å²) in [6.45, 7) is 0.725. The molecule has 4 atom stereocenters. The number of urea groups is 1. The van der Waals surface area contributed by atoms with Crippen molar-refractivity contribution in [2.45, 2.75) is 44.0 Å². The summed E-state index contributed by atoms with van der Waals surface area (Å²) in [5.41, 5.74) is 5.54. The molecule has 0 aliphatic rings. The van der Waals surface area contributed by atoms with Crippen molar-refractivity contribution in [2.75, 3.05) is 6.61 Å². The molecule has 0 aliphatic carbocycles. The molecule has 146 valence electrons. The standard InChI is InChI=1S/C13H21N5O8/c1-5(20)9(12(23)24)16-13(25)15-7(2-3-8(21)22)11-17-10(18-26-11)6(14)4-19/h5-7,9,19-20H,2-4,14H2,1H3,(H,21,22)(H,23,24)(H2,15,16,25)/t5?,6-,7-,9?/m0/s1. The first-order valence-electron chi connectivity index (χ1n) is 7.55. The largest absolute Gasteiger partial charge is 0.481 e. The number of nitrogens with one attached hydrogen (secondary N) is 2. The third kappa shape index (κ3) is 6.27. The number of carbonyl (C=O) groups is 3. The summed E-state index contributed by atoms with van der Waals surface area (Å²) in [4.78, 5) is 37.7. The van der Waals surface area contributed by atoms with Gasteiger partial charge >= 0.3 is 18.0 Å². The maximum Gasteiger partial charge on any atom is 0.328 e. The average molecular weight is 375 g/mol. The highest BCUT2D eigenvalue weighted by Gasteiger charge is 2.28. The normalized spacial score (nSPS) is 15.5. The van der Waals surface area contributed by atoms with Crippen molar-refractivity contribution in [1.82, 2.24) is 20.8 Å². The van der Waals surface area contributed by atoms with Gasteiger partial charge in [-0.25, -0.2) is 9.59 Å². The Balaban J connectivity index is 2.89. The number of hydrogen-bond acceptors (Lipinski definition) is 9. The van der Waals surface area contributed by atoms with E-state index < -0.39 is 48.8 Å². The van der Waals surface area contributed by atoms with Crippen molar-refractivity contribution in [3.63, 3.8) is 0 Å². The Morgan fingerprint density at radius 3 is 2.42 bits per heavy atom. The molecule has 26 heavy (non-hydrogen) atoms. The Morgan fingerprint density at radius 2 is 1.92 bits per heavy atom. The zero-order valence-electron chi connectivity index (χ0n) is 13.8. The molecule has 0 spiro atoms. The first-order valence-corrected chi connectivity index (χ1v) is 7.55. The number of nitrogens with two attached hydrogens (primary N) is 1. The minimum Gasteiger partial charge on any atom is -0.481 e. The fourth-order valence-corrected chi connectivity index (χ4v) is 1.88. The zero-order chi connectivity index (χ0) is 19.9. The van der Waals surface area contributed by atoms with E-state index in [0.29, 0.717) is 0 Å². The van der Waals surface area contributed by atoms with E-state index in [0.717, 1.165) is 0 Å². The molecule has 13 heteroatoms. The van der Waals surface area contributed by atoms with Gasteiger partial charge in [0.05, 0.1) is 18.8 Å². The third-order valence-electron chi connectivity index (χ3n) is 3.27. The Morgan fingerprint density at radius 1 is 1.27 bits per heavy atom. The van der Waals surface area contributed by atoms with Gasteiger partial charge in [0.15, 0.2) is 11.9 Å². The predicted molar refractivity (Wildman–Crippen MR) is 82.7 cm³/mol. The molecule has 2 amide bonds. The van der Waals surface area contributed by atoms with E-state index in [2.05, 4.69) is 15.5 Å². The number of carboxylic acid groups (broad SMARTS) is 2. The van der Waals surface area contributed by atoms with E-state index in [9.17, 15) is 19.5 Å². The van der Waals surface area contributed by atoms with Crippen molar-refractivity contribution >= 4 is 18.0 Å². The number of amides is 2. The number of aromatic nitrogens is 2. The van der Waals surface area contributed by atoms with Crippen LogP contribution in [-0.2, 0) is 9.59 Å². The highest BCUT2D eigenvalue weighted by molar-refractivity contribution is 5.83. The van der Waals surface area contributed by atoms with Gasteiger partial charge in [-0.15, -0.1) is 0 Å². The van der Waals surface area contributed by atoms with Crippen LogP contribution in [0.4, 0.5) is 4.79 Å². The van der Waals surface area contributed by atoms with E-state index in [1.54, 1.807) is 0 Å². The molecule has 0 saturated heterocycles. The Bertz CT molecular complexity index is 634. The Hall–Kier alpha value is -2.77. The minimum absolute atomic E-state index is 0.0440. The number of rotatable bonds is 10.